The monoisotopic (exact) mass is 260 g/mol. The highest BCUT2D eigenvalue weighted by molar-refractivity contribution is 5.41. The number of hydrogen-bond acceptors (Lipinski definition) is 4. The second-order valence-electron chi connectivity index (χ2n) is 5.93. The normalized spacial score (nSPS) is 22.1. The molecule has 0 aliphatic carbocycles. The van der Waals surface area contributed by atoms with Crippen LogP contribution in [0, 0.1) is 13.8 Å². The van der Waals surface area contributed by atoms with E-state index in [0.29, 0.717) is 0 Å². The van der Waals surface area contributed by atoms with Crippen LogP contribution < -0.4 is 4.90 Å². The summed E-state index contributed by atoms with van der Waals surface area (Å²) in [4.78, 5) is 5.08. The molecular formula is C15H24N4. The number of aryl methyl sites for hydroxylation is 2. The van der Waals surface area contributed by atoms with Crippen LogP contribution in [-0.4, -0.2) is 47.3 Å². The molecule has 0 amide bonds. The second-order valence-corrected chi connectivity index (χ2v) is 5.93. The Morgan fingerprint density at radius 1 is 1.00 bits per heavy atom. The number of nitrogens with zero attached hydrogens (tertiary/aromatic N) is 4. The Bertz CT molecular complexity index is 432. The molecule has 2 aliphatic rings. The molecule has 4 nitrogen and oxygen atoms in total. The van der Waals surface area contributed by atoms with Crippen molar-refractivity contribution in [1.29, 1.82) is 0 Å². The maximum atomic E-state index is 4.35. The molecule has 4 heteroatoms. The summed E-state index contributed by atoms with van der Waals surface area (Å²) in [5, 5.41) is 8.60. The lowest BCUT2D eigenvalue weighted by Gasteiger charge is -2.37. The maximum absolute atomic E-state index is 4.35. The van der Waals surface area contributed by atoms with Gasteiger partial charge in [-0.1, -0.05) is 0 Å². The van der Waals surface area contributed by atoms with Gasteiger partial charge in [-0.3, -0.25) is 0 Å². The Labute approximate surface area is 115 Å². The second kappa shape index (κ2) is 5.45. The summed E-state index contributed by atoms with van der Waals surface area (Å²) in [6.45, 7) is 9.01. The molecule has 0 unspecified atom stereocenters. The van der Waals surface area contributed by atoms with E-state index in [1.54, 1.807) is 0 Å². The first kappa shape index (κ1) is 12.9. The summed E-state index contributed by atoms with van der Waals surface area (Å²) < 4.78 is 0. The Balaban J connectivity index is 1.61. The zero-order valence-corrected chi connectivity index (χ0v) is 12.1. The van der Waals surface area contributed by atoms with Gasteiger partial charge in [0.2, 0.25) is 0 Å². The van der Waals surface area contributed by atoms with Crippen LogP contribution in [0.4, 0.5) is 5.82 Å². The Morgan fingerprint density at radius 2 is 1.68 bits per heavy atom. The van der Waals surface area contributed by atoms with E-state index in [1.807, 2.05) is 6.92 Å². The zero-order valence-electron chi connectivity index (χ0n) is 12.1. The van der Waals surface area contributed by atoms with Crippen LogP contribution in [0.5, 0.6) is 0 Å². The van der Waals surface area contributed by atoms with Crippen molar-refractivity contribution < 1.29 is 0 Å². The third kappa shape index (κ3) is 2.73. The van der Waals surface area contributed by atoms with Crippen molar-refractivity contribution in [3.8, 4) is 0 Å². The number of likely N-dealkylation sites (tertiary alicyclic amines) is 1. The summed E-state index contributed by atoms with van der Waals surface area (Å²) in [5.74, 6) is 1.06. The van der Waals surface area contributed by atoms with Crippen molar-refractivity contribution in [3.05, 3.63) is 17.3 Å². The van der Waals surface area contributed by atoms with Gasteiger partial charge in [0, 0.05) is 19.1 Å². The van der Waals surface area contributed by atoms with Crippen molar-refractivity contribution >= 4 is 5.82 Å². The number of hydrogen-bond donors (Lipinski definition) is 0. The van der Waals surface area contributed by atoms with Crippen LogP contribution in [0.1, 0.15) is 36.9 Å². The predicted octanol–water partition coefficient (Wildman–Crippen LogP) is 2.16. The van der Waals surface area contributed by atoms with Gasteiger partial charge in [-0.05, 0) is 64.3 Å². The number of rotatable bonds is 2. The van der Waals surface area contributed by atoms with Crippen LogP contribution in [0.25, 0.3) is 0 Å². The molecule has 0 atom stereocenters. The standard InChI is InChI=1S/C15H24N4/c1-12-11-15(17-16-13(12)2)19-9-5-14(6-10-19)18-7-3-4-8-18/h11,14H,3-10H2,1-2H3. The van der Waals surface area contributed by atoms with Gasteiger partial charge < -0.3 is 9.80 Å². The topological polar surface area (TPSA) is 32.3 Å². The quantitative estimate of drug-likeness (QED) is 0.815. The van der Waals surface area contributed by atoms with Crippen LogP contribution >= 0.6 is 0 Å². The SMILES string of the molecule is Cc1cc(N2CCC(N3CCCC3)CC2)nnc1C. The van der Waals surface area contributed by atoms with Crippen LogP contribution in [0.2, 0.25) is 0 Å². The van der Waals surface area contributed by atoms with E-state index in [2.05, 4.69) is 33.0 Å². The highest BCUT2D eigenvalue weighted by Gasteiger charge is 2.26. The van der Waals surface area contributed by atoms with E-state index < -0.39 is 0 Å². The summed E-state index contributed by atoms with van der Waals surface area (Å²) >= 11 is 0. The zero-order chi connectivity index (χ0) is 13.2. The van der Waals surface area contributed by atoms with E-state index in [0.717, 1.165) is 30.6 Å². The Hall–Kier alpha value is -1.16. The molecule has 1 aromatic heterocycles. The molecule has 104 valence electrons. The maximum Gasteiger partial charge on any atom is 0.151 e. The van der Waals surface area contributed by atoms with Gasteiger partial charge >= 0.3 is 0 Å². The first-order valence-corrected chi connectivity index (χ1v) is 7.54. The van der Waals surface area contributed by atoms with Gasteiger partial charge in [-0.2, -0.15) is 5.10 Å². The lowest BCUT2D eigenvalue weighted by Crippen LogP contribution is -2.44. The number of anilines is 1. The minimum atomic E-state index is 0.804. The van der Waals surface area contributed by atoms with Crippen molar-refractivity contribution in [2.75, 3.05) is 31.1 Å². The van der Waals surface area contributed by atoms with Crippen molar-refractivity contribution in [2.24, 2.45) is 0 Å². The lowest BCUT2D eigenvalue weighted by molar-refractivity contribution is 0.207. The minimum Gasteiger partial charge on any atom is -0.355 e. The molecule has 2 aliphatic heterocycles. The third-order valence-corrected chi connectivity index (χ3v) is 4.66. The summed E-state index contributed by atoms with van der Waals surface area (Å²) in [5.41, 5.74) is 2.28. The molecule has 0 radical (unpaired) electrons. The van der Waals surface area contributed by atoms with Gasteiger partial charge in [-0.15, -0.1) is 5.10 Å². The average Bonchev–Trinajstić information content (AvgIpc) is 2.96. The van der Waals surface area contributed by atoms with E-state index in [4.69, 9.17) is 0 Å². The molecule has 2 saturated heterocycles. The molecular weight excluding hydrogens is 236 g/mol. The predicted molar refractivity (Wildman–Crippen MR) is 77.5 cm³/mol. The van der Waals surface area contributed by atoms with Crippen LogP contribution in [0.15, 0.2) is 6.07 Å². The van der Waals surface area contributed by atoms with E-state index >= 15 is 0 Å². The highest BCUT2D eigenvalue weighted by atomic mass is 15.3. The molecule has 0 aromatic carbocycles. The lowest BCUT2D eigenvalue weighted by atomic mass is 10.0. The molecule has 3 rings (SSSR count). The molecule has 2 fully saturated rings. The van der Waals surface area contributed by atoms with Crippen molar-refractivity contribution in [3.63, 3.8) is 0 Å². The summed E-state index contributed by atoms with van der Waals surface area (Å²) in [6, 6.07) is 2.98. The van der Waals surface area contributed by atoms with Gasteiger partial charge in [-0.25, -0.2) is 0 Å². The Morgan fingerprint density at radius 3 is 2.32 bits per heavy atom. The molecule has 0 saturated carbocycles. The fourth-order valence-electron chi connectivity index (χ4n) is 3.25. The van der Waals surface area contributed by atoms with Crippen molar-refractivity contribution in [2.45, 2.75) is 45.6 Å². The summed E-state index contributed by atoms with van der Waals surface area (Å²) in [6.07, 6.45) is 5.33. The minimum absolute atomic E-state index is 0.804. The molecule has 0 bridgehead atoms. The molecule has 0 N–H and O–H groups in total. The van der Waals surface area contributed by atoms with Gasteiger partial charge in [0.05, 0.1) is 5.69 Å². The van der Waals surface area contributed by atoms with Gasteiger partial charge in [0.15, 0.2) is 5.82 Å². The van der Waals surface area contributed by atoms with E-state index in [9.17, 15) is 0 Å². The smallest absolute Gasteiger partial charge is 0.151 e. The van der Waals surface area contributed by atoms with Gasteiger partial charge in [0.25, 0.3) is 0 Å². The van der Waals surface area contributed by atoms with E-state index in [-0.39, 0.29) is 0 Å². The first-order chi connectivity index (χ1) is 9.24. The first-order valence-electron chi connectivity index (χ1n) is 7.54. The molecule has 19 heavy (non-hydrogen) atoms. The van der Waals surface area contributed by atoms with Crippen molar-refractivity contribution in [1.82, 2.24) is 15.1 Å². The van der Waals surface area contributed by atoms with E-state index in [1.165, 1.54) is 44.3 Å². The Kier molecular flexibility index (Phi) is 3.69. The largest absolute Gasteiger partial charge is 0.355 e. The van der Waals surface area contributed by atoms with Gasteiger partial charge in [0.1, 0.15) is 0 Å². The van der Waals surface area contributed by atoms with Crippen LogP contribution in [0.3, 0.4) is 0 Å². The molecule has 1 aromatic rings. The molecule has 0 spiro atoms. The highest BCUT2D eigenvalue weighted by Crippen LogP contribution is 2.24. The number of piperidine rings is 1. The van der Waals surface area contributed by atoms with Crippen LogP contribution in [-0.2, 0) is 0 Å². The summed E-state index contributed by atoms with van der Waals surface area (Å²) in [7, 11) is 0. The third-order valence-electron chi connectivity index (χ3n) is 4.66. The average molecular weight is 260 g/mol. The molecule has 3 heterocycles. The fraction of sp³-hybridized carbons (Fsp3) is 0.733. The fourth-order valence-corrected chi connectivity index (χ4v) is 3.25. The number of aromatic nitrogens is 2.